The largest absolute Gasteiger partial charge is 0.508 e. The van der Waals surface area contributed by atoms with Crippen molar-refractivity contribution in [2.75, 3.05) is 81.9 Å². The normalized spacial score (nSPS) is 28.5. The summed E-state index contributed by atoms with van der Waals surface area (Å²) in [5, 5.41) is 15.0. The lowest BCUT2D eigenvalue weighted by Crippen LogP contribution is -2.71. The summed E-state index contributed by atoms with van der Waals surface area (Å²) < 4.78 is 40.8. The number of aromatic nitrogens is 3. The van der Waals surface area contributed by atoms with Gasteiger partial charge in [0.25, 0.3) is 5.91 Å². The number of aromatic hydroxyl groups is 1. The van der Waals surface area contributed by atoms with E-state index in [1.54, 1.807) is 18.3 Å². The minimum atomic E-state index is -0.733. The van der Waals surface area contributed by atoms with Gasteiger partial charge in [-0.15, -0.1) is 6.42 Å². The molecule has 0 radical (unpaired) electrons. The zero-order valence-electron chi connectivity index (χ0n) is 40.2. The summed E-state index contributed by atoms with van der Waals surface area (Å²) in [5.41, 5.74) is 2.67. The molecule has 370 valence electrons. The average Bonchev–Trinajstić information content (AvgIpc) is 4.14. The number of piperidine rings is 2. The molecule has 2 N–H and O–H groups in total. The number of phenolic OH excluding ortho intramolecular Hbond substituents is 1. The topological polar surface area (TPSA) is 148 Å². The fourth-order valence-electron chi connectivity index (χ4n) is 14.5. The van der Waals surface area contributed by atoms with E-state index in [-0.39, 0.29) is 59.6 Å². The Kier molecular flexibility index (Phi) is 9.99. The number of nitrogens with one attached hydrogen (secondary N) is 1. The van der Waals surface area contributed by atoms with Gasteiger partial charge in [0.1, 0.15) is 58.8 Å². The van der Waals surface area contributed by atoms with E-state index in [1.807, 2.05) is 18.2 Å². The summed E-state index contributed by atoms with van der Waals surface area (Å²) in [6.45, 7) is 9.60. The van der Waals surface area contributed by atoms with Crippen molar-refractivity contribution in [3.63, 3.8) is 0 Å². The standard InChI is InChI=1S/C55H56F2N10O5/c1-2-32-4-3-5-33-18-37(68)22-39(47(32)33)49-48(57)50-40(24-58-49)51(65-27-35-20-44-45-21-36(28-65)67(35,44)45)61-54(60-50)72-30-55(10-11-55)29-63-16-14-62(15-17-63)25-31-8-12-64(13-9-31)43-19-34-26-66(53(71)38(34)23-41(43)56)42-6-7-46(69)59-52(42)70/h1,3-5,18-19,22-24,31,35-36,42,44-45H,6-17,20-21,25-30H2,(H-,59,68,69,70)/p+1. The molecule has 9 aliphatic rings. The van der Waals surface area contributed by atoms with Crippen LogP contribution in [0.2, 0.25) is 0 Å². The summed E-state index contributed by atoms with van der Waals surface area (Å²) in [5.74, 6) is 1.68. The molecule has 1 aliphatic carbocycles. The molecule has 3 aromatic carbocycles. The second kappa shape index (κ2) is 16.3. The van der Waals surface area contributed by atoms with E-state index in [4.69, 9.17) is 26.1 Å². The Morgan fingerprint density at radius 2 is 1.67 bits per heavy atom. The Morgan fingerprint density at radius 1 is 0.903 bits per heavy atom. The summed E-state index contributed by atoms with van der Waals surface area (Å²) in [6, 6.07) is 14.0. The summed E-state index contributed by atoms with van der Waals surface area (Å²) in [6.07, 6.45) is 14.5. The zero-order chi connectivity index (χ0) is 48.8. The van der Waals surface area contributed by atoms with Crippen LogP contribution in [0.4, 0.5) is 20.3 Å². The summed E-state index contributed by atoms with van der Waals surface area (Å²) in [4.78, 5) is 63.1. The molecule has 15 nitrogen and oxygen atoms in total. The van der Waals surface area contributed by atoms with Crippen LogP contribution in [-0.4, -0.2) is 159 Å². The predicted molar refractivity (Wildman–Crippen MR) is 264 cm³/mol. The number of halogens is 2. The third-order valence-electron chi connectivity index (χ3n) is 18.5. The van der Waals surface area contributed by atoms with E-state index in [0.717, 1.165) is 103 Å². The van der Waals surface area contributed by atoms with Crippen molar-refractivity contribution in [1.82, 2.24) is 35.0 Å². The van der Waals surface area contributed by atoms with E-state index in [1.165, 1.54) is 34.4 Å². The van der Waals surface area contributed by atoms with Crippen LogP contribution in [0.25, 0.3) is 32.9 Å². The molecule has 72 heavy (non-hydrogen) atoms. The van der Waals surface area contributed by atoms with Gasteiger partial charge in [-0.05, 0) is 79.3 Å². The molecule has 10 heterocycles. The number of rotatable bonds is 11. The molecule has 5 aromatic rings. The number of imide groups is 1. The molecule has 3 amide bonds. The van der Waals surface area contributed by atoms with Gasteiger partial charge in [-0.1, -0.05) is 18.1 Å². The Hall–Kier alpha value is -6.48. The highest BCUT2D eigenvalue weighted by molar-refractivity contribution is 6.06. The van der Waals surface area contributed by atoms with Gasteiger partial charge in [-0.25, -0.2) is 8.78 Å². The molecule has 7 saturated heterocycles. The number of anilines is 2. The molecular formula is C55H57F2N10O5+. The number of ether oxygens (including phenoxy) is 1. The van der Waals surface area contributed by atoms with Crippen LogP contribution in [0.15, 0.2) is 48.7 Å². The van der Waals surface area contributed by atoms with Gasteiger partial charge in [0.2, 0.25) is 11.8 Å². The Bertz CT molecular complexity index is 3170. The van der Waals surface area contributed by atoms with Crippen molar-refractivity contribution in [3.05, 3.63) is 77.0 Å². The number of amides is 3. The van der Waals surface area contributed by atoms with Gasteiger partial charge in [0.15, 0.2) is 5.82 Å². The van der Waals surface area contributed by atoms with Crippen LogP contribution in [0.3, 0.4) is 0 Å². The van der Waals surface area contributed by atoms with Gasteiger partial charge < -0.3 is 38.8 Å². The molecule has 1 saturated carbocycles. The van der Waals surface area contributed by atoms with Gasteiger partial charge in [-0.3, -0.25) is 24.7 Å². The second-order valence-electron chi connectivity index (χ2n) is 22.4. The minimum Gasteiger partial charge on any atom is -0.508 e. The maximum atomic E-state index is 17.3. The zero-order valence-corrected chi connectivity index (χ0v) is 40.2. The lowest BCUT2D eigenvalue weighted by Gasteiger charge is -2.54. The summed E-state index contributed by atoms with van der Waals surface area (Å²) >= 11 is 0. The first-order valence-corrected chi connectivity index (χ1v) is 26.0. The number of fused-ring (bicyclic) bond motifs is 4. The van der Waals surface area contributed by atoms with E-state index in [9.17, 15) is 19.5 Å². The van der Waals surface area contributed by atoms with Gasteiger partial charge in [-0.2, -0.15) is 9.97 Å². The fourth-order valence-corrected chi connectivity index (χ4v) is 14.5. The molecule has 5 atom stereocenters. The Balaban J connectivity index is 0.625. The lowest BCUT2D eigenvalue weighted by atomic mass is 9.93. The molecule has 0 bridgehead atoms. The second-order valence-corrected chi connectivity index (χ2v) is 22.4. The number of piperazine rings is 2. The van der Waals surface area contributed by atoms with Crippen molar-refractivity contribution in [1.29, 1.82) is 0 Å². The highest BCUT2D eigenvalue weighted by atomic mass is 19.1. The number of pyridine rings is 1. The van der Waals surface area contributed by atoms with Crippen LogP contribution in [0.5, 0.6) is 11.8 Å². The SMILES string of the molecule is C#Cc1cccc2cc(O)cc(-c3ncc4c(N5CC6CC7C8CC(C5)[N+]678)nc(OCC5(CN6CCN(CC7CCN(c8cc9c(cc8F)C(=O)N(C8CCC(=O)NC8=O)C9)CC7)CC6)CC5)nc4c3F)c12. The maximum absolute atomic E-state index is 17.3. The smallest absolute Gasteiger partial charge is 0.319 e. The highest BCUT2D eigenvalue weighted by Gasteiger charge is 2.88. The molecule has 5 unspecified atom stereocenters. The number of carbonyl (C=O) groups is 3. The molecule has 17 heteroatoms. The molecular weight excluding hydrogens is 919 g/mol. The average molecular weight is 976 g/mol. The van der Waals surface area contributed by atoms with Crippen LogP contribution in [0.1, 0.15) is 72.9 Å². The van der Waals surface area contributed by atoms with Gasteiger partial charge in [0, 0.05) is 99.0 Å². The van der Waals surface area contributed by atoms with Gasteiger partial charge in [0.05, 0.1) is 43.6 Å². The van der Waals surface area contributed by atoms with Crippen molar-refractivity contribution >= 4 is 50.9 Å². The molecule has 14 rings (SSSR count). The van der Waals surface area contributed by atoms with Crippen LogP contribution >= 0.6 is 0 Å². The summed E-state index contributed by atoms with van der Waals surface area (Å²) in [7, 11) is 0. The number of phenols is 1. The number of nitrogens with zero attached hydrogens (tertiary/aromatic N) is 9. The van der Waals surface area contributed by atoms with Crippen molar-refractivity contribution in [3.8, 4) is 35.4 Å². The molecule has 8 aliphatic heterocycles. The number of hydrogen-bond donors (Lipinski definition) is 2. The Labute approximate surface area is 415 Å². The first-order chi connectivity index (χ1) is 35.0. The third-order valence-corrected chi connectivity index (χ3v) is 18.5. The maximum Gasteiger partial charge on any atom is 0.319 e. The molecule has 2 aromatic heterocycles. The molecule has 1 spiro atoms. The van der Waals surface area contributed by atoms with Crippen LogP contribution < -0.4 is 19.9 Å². The highest BCUT2D eigenvalue weighted by Crippen LogP contribution is 2.69. The first-order valence-electron chi connectivity index (χ1n) is 26.0. The quantitative estimate of drug-likeness (QED) is 0.0777. The predicted octanol–water partition coefficient (Wildman–Crippen LogP) is 5.20. The number of quaternary nitrogens is 1. The number of hydrogen-bond acceptors (Lipinski definition) is 12. The van der Waals surface area contributed by atoms with Crippen molar-refractivity contribution in [2.24, 2.45) is 11.3 Å². The number of carbonyl (C=O) groups excluding carboxylic acids is 3. The third kappa shape index (κ3) is 6.91. The van der Waals surface area contributed by atoms with Gasteiger partial charge >= 0.3 is 6.01 Å². The van der Waals surface area contributed by atoms with E-state index < -0.39 is 23.6 Å². The fraction of sp³-hybridized carbons (Fsp3) is 0.491. The lowest BCUT2D eigenvalue weighted by molar-refractivity contribution is -0.942. The number of benzene rings is 3. The Morgan fingerprint density at radius 3 is 2.39 bits per heavy atom. The monoisotopic (exact) mass is 975 g/mol. The minimum absolute atomic E-state index is 0.0109. The van der Waals surface area contributed by atoms with Crippen molar-refractivity contribution in [2.45, 2.75) is 88.1 Å². The van der Waals surface area contributed by atoms with E-state index in [0.29, 0.717) is 74.5 Å². The van der Waals surface area contributed by atoms with E-state index >= 15 is 8.78 Å². The van der Waals surface area contributed by atoms with Crippen LogP contribution in [-0.2, 0) is 16.1 Å². The number of terminal acetylenes is 1. The van der Waals surface area contributed by atoms with E-state index in [2.05, 4.69) is 30.8 Å². The first kappa shape index (κ1) is 44.2. The van der Waals surface area contributed by atoms with Crippen molar-refractivity contribution < 1.29 is 37.5 Å². The molecule has 8 fully saturated rings. The van der Waals surface area contributed by atoms with Crippen LogP contribution in [0, 0.1) is 35.3 Å².